The fourth-order valence-corrected chi connectivity index (χ4v) is 11.2. The van der Waals surface area contributed by atoms with Crippen LogP contribution >= 0.6 is 11.8 Å². The first-order valence-electron chi connectivity index (χ1n) is 13.7. The maximum absolute atomic E-state index is 6.95. The number of hydrogen-bond donors (Lipinski definition) is 0. The SMILES string of the molecule is CS[C@H]1CC[C@@]2(C)[C@H](CC[C@@H]3[C@@H]2CC[C@]2(C)[C@@H]4[C@H](C[C@@H]32)O[C@]2(CC[C@H](C)CO2)[C@H]4C)C1. The van der Waals surface area contributed by atoms with Crippen molar-refractivity contribution in [3.63, 3.8) is 0 Å². The first-order chi connectivity index (χ1) is 14.8. The highest BCUT2D eigenvalue weighted by atomic mass is 32.2. The zero-order valence-electron chi connectivity index (χ0n) is 20.7. The minimum absolute atomic E-state index is 0.257. The molecule has 0 aromatic rings. The van der Waals surface area contributed by atoms with Crippen LogP contribution < -0.4 is 0 Å². The van der Waals surface area contributed by atoms with Crippen LogP contribution in [0.25, 0.3) is 0 Å². The van der Waals surface area contributed by atoms with Crippen LogP contribution in [0.15, 0.2) is 0 Å². The van der Waals surface area contributed by atoms with Gasteiger partial charge in [0.05, 0.1) is 12.7 Å². The van der Waals surface area contributed by atoms with E-state index in [4.69, 9.17) is 9.47 Å². The zero-order valence-corrected chi connectivity index (χ0v) is 21.5. The molecule has 2 heterocycles. The molecule has 2 nitrogen and oxygen atoms in total. The molecule has 0 aromatic heterocycles. The zero-order chi connectivity index (χ0) is 21.6. The van der Waals surface area contributed by atoms with Crippen molar-refractivity contribution < 1.29 is 9.47 Å². The molecule has 6 rings (SSSR count). The van der Waals surface area contributed by atoms with Crippen molar-refractivity contribution >= 4 is 11.8 Å². The topological polar surface area (TPSA) is 18.5 Å². The molecule has 2 aliphatic heterocycles. The van der Waals surface area contributed by atoms with Gasteiger partial charge in [-0.1, -0.05) is 27.7 Å². The third-order valence-corrected chi connectivity index (χ3v) is 13.3. The fourth-order valence-electron chi connectivity index (χ4n) is 10.5. The van der Waals surface area contributed by atoms with E-state index in [9.17, 15) is 0 Å². The lowest BCUT2D eigenvalue weighted by atomic mass is 9.44. The number of thioether (sulfide) groups is 1. The predicted molar refractivity (Wildman–Crippen MR) is 129 cm³/mol. The summed E-state index contributed by atoms with van der Waals surface area (Å²) in [4.78, 5) is 0. The molecule has 0 amide bonds. The standard InChI is InChI=1S/C28H46O2S/c1-17-8-13-28(29-16-17)18(2)25-24(30-28)15-23-21-7-6-19-14-20(31-5)9-11-26(19,3)22(21)10-12-27(23,25)4/h17-25H,6-16H2,1-5H3/t17-,18-,19+,20-,21+,22-,23-,24-,25-,26-,27-,28+/m0/s1. The van der Waals surface area contributed by atoms with Gasteiger partial charge in [-0.25, -0.2) is 0 Å². The summed E-state index contributed by atoms with van der Waals surface area (Å²) in [5.41, 5.74) is 1.09. The molecule has 31 heavy (non-hydrogen) atoms. The molecule has 0 unspecified atom stereocenters. The van der Waals surface area contributed by atoms with Crippen molar-refractivity contribution in [1.29, 1.82) is 0 Å². The Hall–Kier alpha value is 0.270. The van der Waals surface area contributed by atoms with Crippen molar-refractivity contribution in [3.8, 4) is 0 Å². The largest absolute Gasteiger partial charge is 0.349 e. The van der Waals surface area contributed by atoms with Crippen molar-refractivity contribution in [2.45, 2.75) is 109 Å². The van der Waals surface area contributed by atoms with Gasteiger partial charge in [0.2, 0.25) is 0 Å². The quantitative estimate of drug-likeness (QED) is 0.425. The van der Waals surface area contributed by atoms with Crippen molar-refractivity contribution in [1.82, 2.24) is 0 Å². The molecule has 6 fully saturated rings. The van der Waals surface area contributed by atoms with Crippen LogP contribution in [-0.4, -0.2) is 30.0 Å². The van der Waals surface area contributed by atoms with Gasteiger partial charge in [0.1, 0.15) is 0 Å². The van der Waals surface area contributed by atoms with Gasteiger partial charge in [-0.15, -0.1) is 0 Å². The third-order valence-electron chi connectivity index (χ3n) is 12.2. The van der Waals surface area contributed by atoms with Crippen LogP contribution in [0.3, 0.4) is 0 Å². The van der Waals surface area contributed by atoms with Gasteiger partial charge in [0.15, 0.2) is 5.79 Å². The smallest absolute Gasteiger partial charge is 0.171 e. The van der Waals surface area contributed by atoms with Crippen molar-refractivity contribution in [2.24, 2.45) is 52.3 Å². The molecule has 0 N–H and O–H groups in total. The van der Waals surface area contributed by atoms with Gasteiger partial charge in [-0.05, 0) is 110 Å². The summed E-state index contributed by atoms with van der Waals surface area (Å²) >= 11 is 2.14. The summed E-state index contributed by atoms with van der Waals surface area (Å²) in [5, 5.41) is 0.929. The van der Waals surface area contributed by atoms with Crippen molar-refractivity contribution in [3.05, 3.63) is 0 Å². The lowest BCUT2D eigenvalue weighted by Gasteiger charge is -2.61. The highest BCUT2D eigenvalue weighted by Crippen LogP contribution is 2.71. The van der Waals surface area contributed by atoms with Gasteiger partial charge in [-0.2, -0.15) is 11.8 Å². The highest BCUT2D eigenvalue weighted by molar-refractivity contribution is 7.99. The van der Waals surface area contributed by atoms with Crippen LogP contribution in [-0.2, 0) is 9.47 Å². The lowest BCUT2D eigenvalue weighted by molar-refractivity contribution is -0.273. The normalized spacial score (nSPS) is 60.9. The van der Waals surface area contributed by atoms with E-state index < -0.39 is 0 Å². The average molecular weight is 447 g/mol. The summed E-state index contributed by atoms with van der Waals surface area (Å²) in [5.74, 6) is 5.51. The Morgan fingerprint density at radius 1 is 0.839 bits per heavy atom. The summed E-state index contributed by atoms with van der Waals surface area (Å²) in [6.45, 7) is 11.1. The van der Waals surface area contributed by atoms with E-state index >= 15 is 0 Å². The second-order valence-corrected chi connectivity index (χ2v) is 14.4. The summed E-state index contributed by atoms with van der Waals surface area (Å²) in [7, 11) is 0. The van der Waals surface area contributed by atoms with Gasteiger partial charge in [-0.3, -0.25) is 0 Å². The number of hydrogen-bond acceptors (Lipinski definition) is 3. The summed E-state index contributed by atoms with van der Waals surface area (Å²) in [6, 6.07) is 0. The third kappa shape index (κ3) is 2.97. The van der Waals surface area contributed by atoms with Gasteiger partial charge < -0.3 is 9.47 Å². The van der Waals surface area contributed by atoms with E-state index in [0.717, 1.165) is 41.9 Å². The van der Waals surface area contributed by atoms with Gasteiger partial charge >= 0.3 is 0 Å². The van der Waals surface area contributed by atoms with E-state index in [1.54, 1.807) is 0 Å². The van der Waals surface area contributed by atoms with Gasteiger partial charge in [0, 0.05) is 17.6 Å². The Morgan fingerprint density at radius 3 is 2.39 bits per heavy atom. The van der Waals surface area contributed by atoms with E-state index in [1.807, 2.05) is 0 Å². The van der Waals surface area contributed by atoms with Crippen LogP contribution in [0.5, 0.6) is 0 Å². The monoisotopic (exact) mass is 446 g/mol. The molecule has 176 valence electrons. The summed E-state index contributed by atoms with van der Waals surface area (Å²) < 4.78 is 13.4. The minimum Gasteiger partial charge on any atom is -0.349 e. The van der Waals surface area contributed by atoms with E-state index in [0.29, 0.717) is 34.7 Å². The van der Waals surface area contributed by atoms with Crippen LogP contribution in [0.2, 0.25) is 0 Å². The maximum atomic E-state index is 6.95. The molecular formula is C28H46O2S. The number of fused-ring (bicyclic) bond motifs is 7. The Kier molecular flexibility index (Phi) is 5.19. The molecule has 0 aromatic carbocycles. The van der Waals surface area contributed by atoms with E-state index in [-0.39, 0.29) is 5.79 Å². The fraction of sp³-hybridized carbons (Fsp3) is 1.00. The van der Waals surface area contributed by atoms with E-state index in [1.165, 1.54) is 57.8 Å². The van der Waals surface area contributed by atoms with Gasteiger partial charge in [0.25, 0.3) is 0 Å². The molecular weight excluding hydrogens is 400 g/mol. The Bertz CT molecular complexity index is 701. The molecule has 0 bridgehead atoms. The Morgan fingerprint density at radius 2 is 1.65 bits per heavy atom. The number of rotatable bonds is 1. The van der Waals surface area contributed by atoms with Crippen LogP contribution in [0.1, 0.15) is 91.9 Å². The number of ether oxygens (including phenoxy) is 2. The highest BCUT2D eigenvalue weighted by Gasteiger charge is 2.69. The van der Waals surface area contributed by atoms with E-state index in [2.05, 4.69) is 45.7 Å². The average Bonchev–Trinajstić information content (AvgIpc) is 3.20. The second kappa shape index (κ2) is 7.38. The molecule has 2 saturated heterocycles. The second-order valence-electron chi connectivity index (χ2n) is 13.3. The molecule has 6 aliphatic rings. The molecule has 4 saturated carbocycles. The molecule has 1 spiro atoms. The first-order valence-corrected chi connectivity index (χ1v) is 14.9. The van der Waals surface area contributed by atoms with Crippen LogP contribution in [0, 0.1) is 52.3 Å². The molecule has 3 heteroatoms. The predicted octanol–water partition coefficient (Wildman–Crippen LogP) is 7.16. The molecule has 12 atom stereocenters. The Balaban J connectivity index is 1.24. The molecule has 0 radical (unpaired) electrons. The first kappa shape index (κ1) is 21.8. The lowest BCUT2D eigenvalue weighted by Crippen LogP contribution is -2.54. The minimum atomic E-state index is -0.257. The molecule has 4 aliphatic carbocycles. The summed E-state index contributed by atoms with van der Waals surface area (Å²) in [6.07, 6.45) is 16.9. The van der Waals surface area contributed by atoms with Crippen LogP contribution in [0.4, 0.5) is 0 Å². The maximum Gasteiger partial charge on any atom is 0.171 e. The van der Waals surface area contributed by atoms with Crippen molar-refractivity contribution in [2.75, 3.05) is 12.9 Å². The Labute approximate surface area is 195 Å².